The highest BCUT2D eigenvalue weighted by Crippen LogP contribution is 2.23. The molecule has 106 valence electrons. The van der Waals surface area contributed by atoms with Crippen molar-refractivity contribution in [3.05, 3.63) is 24.3 Å². The van der Waals surface area contributed by atoms with Crippen LogP contribution in [0.15, 0.2) is 29.2 Å². The summed E-state index contributed by atoms with van der Waals surface area (Å²) >= 11 is 0. The zero-order chi connectivity index (χ0) is 14.6. The van der Waals surface area contributed by atoms with Gasteiger partial charge in [0.05, 0.1) is 12.8 Å². The number of hydrogen-bond donors (Lipinski definition) is 1. The molecule has 0 fully saturated rings. The molecule has 0 spiro atoms. The monoisotopic (exact) mass is 286 g/mol. The lowest BCUT2D eigenvalue weighted by Gasteiger charge is -2.18. The molecular formula is C12H18N2O4S. The van der Waals surface area contributed by atoms with Gasteiger partial charge >= 0.3 is 5.97 Å². The van der Waals surface area contributed by atoms with Gasteiger partial charge in [-0.1, -0.05) is 12.1 Å². The molecule has 0 bridgehead atoms. The maximum absolute atomic E-state index is 12.1. The summed E-state index contributed by atoms with van der Waals surface area (Å²) in [7, 11) is 0.622. The second-order valence-corrected chi connectivity index (χ2v) is 6.29. The number of hydrogen-bond acceptors (Lipinski definition) is 5. The third-order valence-electron chi connectivity index (χ3n) is 2.57. The number of sulfonamides is 1. The zero-order valence-electron chi connectivity index (χ0n) is 11.4. The molecule has 0 aromatic heterocycles. The van der Waals surface area contributed by atoms with Crippen LogP contribution in [-0.4, -0.2) is 45.9 Å². The minimum absolute atomic E-state index is 0.121. The van der Waals surface area contributed by atoms with Crippen LogP contribution in [0.5, 0.6) is 0 Å². The van der Waals surface area contributed by atoms with Gasteiger partial charge in [0.25, 0.3) is 0 Å². The number of methoxy groups -OCH3 is 1. The van der Waals surface area contributed by atoms with E-state index in [4.69, 9.17) is 0 Å². The Balaban J connectivity index is 3.14. The molecule has 0 saturated carbocycles. The Morgan fingerprint density at radius 2 is 1.89 bits per heavy atom. The number of nitrogens with one attached hydrogen (secondary N) is 1. The van der Waals surface area contributed by atoms with Crippen LogP contribution in [0.3, 0.4) is 0 Å². The minimum Gasteiger partial charge on any atom is -0.467 e. The van der Waals surface area contributed by atoms with Gasteiger partial charge in [-0.3, -0.25) is 0 Å². The van der Waals surface area contributed by atoms with Crippen LogP contribution in [0, 0.1) is 0 Å². The van der Waals surface area contributed by atoms with Crippen molar-refractivity contribution in [2.45, 2.75) is 17.9 Å². The second-order valence-electron chi connectivity index (χ2n) is 4.17. The van der Waals surface area contributed by atoms with Crippen molar-refractivity contribution >= 4 is 21.7 Å². The molecule has 0 aliphatic rings. The number of esters is 1. The van der Waals surface area contributed by atoms with Gasteiger partial charge in [-0.05, 0) is 19.1 Å². The number of nitrogens with zero attached hydrogens (tertiary/aromatic N) is 1. The Morgan fingerprint density at radius 1 is 1.32 bits per heavy atom. The van der Waals surface area contributed by atoms with Crippen molar-refractivity contribution < 1.29 is 17.9 Å². The second kappa shape index (κ2) is 6.03. The van der Waals surface area contributed by atoms with Gasteiger partial charge in [0.2, 0.25) is 10.0 Å². The Morgan fingerprint density at radius 3 is 2.42 bits per heavy atom. The van der Waals surface area contributed by atoms with Gasteiger partial charge in [0, 0.05) is 14.1 Å². The third kappa shape index (κ3) is 3.45. The van der Waals surface area contributed by atoms with E-state index in [-0.39, 0.29) is 4.90 Å². The van der Waals surface area contributed by atoms with E-state index in [0.717, 1.165) is 4.31 Å². The van der Waals surface area contributed by atoms with Crippen LogP contribution in [0.4, 0.5) is 5.69 Å². The number of ether oxygens (including phenoxy) is 1. The molecule has 0 amide bonds. The first-order valence-electron chi connectivity index (χ1n) is 5.66. The van der Waals surface area contributed by atoms with Crippen LogP contribution >= 0.6 is 0 Å². The first-order chi connectivity index (χ1) is 8.80. The average molecular weight is 286 g/mol. The predicted molar refractivity (Wildman–Crippen MR) is 72.4 cm³/mol. The van der Waals surface area contributed by atoms with Gasteiger partial charge in [-0.2, -0.15) is 0 Å². The van der Waals surface area contributed by atoms with Gasteiger partial charge < -0.3 is 10.1 Å². The molecule has 0 saturated heterocycles. The number of anilines is 1. The zero-order valence-corrected chi connectivity index (χ0v) is 12.2. The number of benzene rings is 1. The smallest absolute Gasteiger partial charge is 0.327 e. The van der Waals surface area contributed by atoms with Gasteiger partial charge in [-0.25, -0.2) is 17.5 Å². The molecule has 1 unspecified atom stereocenters. The quantitative estimate of drug-likeness (QED) is 0.814. The lowest BCUT2D eigenvalue weighted by Crippen LogP contribution is -2.29. The van der Waals surface area contributed by atoms with E-state index in [1.807, 2.05) is 0 Å². The van der Waals surface area contributed by atoms with Gasteiger partial charge in [-0.15, -0.1) is 0 Å². The summed E-state index contributed by atoms with van der Waals surface area (Å²) < 4.78 is 30.0. The molecule has 19 heavy (non-hydrogen) atoms. The lowest BCUT2D eigenvalue weighted by molar-refractivity contribution is -0.141. The normalized spacial score (nSPS) is 13.1. The maximum atomic E-state index is 12.1. The summed E-state index contributed by atoms with van der Waals surface area (Å²) in [5.41, 5.74) is 0.370. The van der Waals surface area contributed by atoms with Crippen molar-refractivity contribution in [1.82, 2.24) is 4.31 Å². The van der Waals surface area contributed by atoms with Crippen molar-refractivity contribution in [2.24, 2.45) is 0 Å². The minimum atomic E-state index is -3.57. The van der Waals surface area contributed by atoms with E-state index in [1.165, 1.54) is 27.3 Å². The molecule has 1 aromatic rings. The Labute approximate surface area is 113 Å². The summed E-state index contributed by atoms with van der Waals surface area (Å²) in [4.78, 5) is 11.5. The fraction of sp³-hybridized carbons (Fsp3) is 0.417. The highest BCUT2D eigenvalue weighted by atomic mass is 32.2. The molecule has 0 heterocycles. The molecule has 0 aliphatic heterocycles. The summed E-state index contributed by atoms with van der Waals surface area (Å²) in [6.07, 6.45) is 0. The van der Waals surface area contributed by atoms with E-state index in [9.17, 15) is 13.2 Å². The fourth-order valence-corrected chi connectivity index (χ4v) is 2.53. The topological polar surface area (TPSA) is 75.7 Å². The molecule has 0 aliphatic carbocycles. The summed E-state index contributed by atoms with van der Waals surface area (Å²) in [5, 5.41) is 2.84. The molecule has 0 radical (unpaired) electrons. The molecule has 1 atom stereocenters. The summed E-state index contributed by atoms with van der Waals surface area (Å²) in [5.74, 6) is -0.461. The van der Waals surface area contributed by atoms with Gasteiger partial charge in [0.15, 0.2) is 0 Å². The van der Waals surface area contributed by atoms with Crippen LogP contribution in [0.2, 0.25) is 0 Å². The molecule has 7 heteroatoms. The molecule has 1 N–H and O–H groups in total. The van der Waals surface area contributed by atoms with Crippen LogP contribution < -0.4 is 5.32 Å². The number of para-hydroxylation sites is 1. The predicted octanol–water partition coefficient (Wildman–Crippen LogP) is 0.910. The highest BCUT2D eigenvalue weighted by molar-refractivity contribution is 7.89. The molecule has 1 aromatic carbocycles. The van der Waals surface area contributed by atoms with Crippen LogP contribution in [0.25, 0.3) is 0 Å². The SMILES string of the molecule is COC(=O)C(C)Nc1ccccc1S(=O)(=O)N(C)C. The fourth-order valence-electron chi connectivity index (χ4n) is 1.48. The Kier molecular flexibility index (Phi) is 4.90. The summed E-state index contributed by atoms with van der Waals surface area (Å²) in [6, 6.07) is 5.78. The van der Waals surface area contributed by atoms with Crippen LogP contribution in [0.1, 0.15) is 6.92 Å². The maximum Gasteiger partial charge on any atom is 0.327 e. The number of carbonyl (C=O) groups excluding carboxylic acids is 1. The van der Waals surface area contributed by atoms with Gasteiger partial charge in [0.1, 0.15) is 10.9 Å². The average Bonchev–Trinajstić information content (AvgIpc) is 2.37. The first-order valence-corrected chi connectivity index (χ1v) is 7.10. The van der Waals surface area contributed by atoms with Crippen molar-refractivity contribution in [1.29, 1.82) is 0 Å². The van der Waals surface area contributed by atoms with Crippen molar-refractivity contribution in [3.63, 3.8) is 0 Å². The van der Waals surface area contributed by atoms with E-state index in [2.05, 4.69) is 10.1 Å². The van der Waals surface area contributed by atoms with Crippen molar-refractivity contribution in [3.8, 4) is 0 Å². The van der Waals surface area contributed by atoms with Crippen molar-refractivity contribution in [2.75, 3.05) is 26.5 Å². The van der Waals surface area contributed by atoms with E-state index >= 15 is 0 Å². The summed E-state index contributed by atoms with van der Waals surface area (Å²) in [6.45, 7) is 1.60. The first kappa shape index (κ1) is 15.5. The van der Waals surface area contributed by atoms with E-state index in [1.54, 1.807) is 25.1 Å². The highest BCUT2D eigenvalue weighted by Gasteiger charge is 2.23. The Hall–Kier alpha value is -1.60. The standard InChI is InChI=1S/C12H18N2O4S/c1-9(12(15)18-4)13-10-7-5-6-8-11(10)19(16,17)14(2)3/h5-9,13H,1-4H3. The molecule has 1 rings (SSSR count). The molecule has 6 nitrogen and oxygen atoms in total. The van der Waals surface area contributed by atoms with E-state index in [0.29, 0.717) is 5.69 Å². The third-order valence-corrected chi connectivity index (χ3v) is 4.45. The lowest BCUT2D eigenvalue weighted by atomic mass is 10.2. The largest absolute Gasteiger partial charge is 0.467 e. The number of carbonyl (C=O) groups is 1. The number of rotatable bonds is 5. The van der Waals surface area contributed by atoms with Crippen LogP contribution in [-0.2, 0) is 19.6 Å². The van der Waals surface area contributed by atoms with E-state index < -0.39 is 22.0 Å². The molecular weight excluding hydrogens is 268 g/mol. The Bertz CT molecular complexity index is 555.